The molecule has 0 saturated heterocycles. The Morgan fingerprint density at radius 2 is 2.00 bits per heavy atom. The zero-order valence-corrected chi connectivity index (χ0v) is 15.7. The molecule has 1 rings (SSSR count). The van der Waals surface area contributed by atoms with Crippen LogP contribution in [0.2, 0.25) is 0 Å². The van der Waals surface area contributed by atoms with Gasteiger partial charge in [0.05, 0.1) is 24.7 Å². The number of ether oxygens (including phenoxy) is 1. The number of aliphatic imine (C=N–C) groups is 1. The van der Waals surface area contributed by atoms with Crippen LogP contribution >= 0.6 is 0 Å². The van der Waals surface area contributed by atoms with Crippen molar-refractivity contribution in [1.29, 1.82) is 0 Å². The number of aromatic nitrogens is 1. The van der Waals surface area contributed by atoms with Crippen LogP contribution in [0.15, 0.2) is 9.52 Å². The van der Waals surface area contributed by atoms with E-state index in [1.807, 2.05) is 13.8 Å². The molecule has 1 aromatic rings. The molecule has 0 atom stereocenters. The summed E-state index contributed by atoms with van der Waals surface area (Å²) in [6.07, 6.45) is 2.81. The highest BCUT2D eigenvalue weighted by Crippen LogP contribution is 2.15. The van der Waals surface area contributed by atoms with Gasteiger partial charge in [-0.15, -0.1) is 0 Å². The summed E-state index contributed by atoms with van der Waals surface area (Å²) in [7, 11) is -1.29. The second-order valence-electron chi connectivity index (χ2n) is 5.33. The minimum absolute atomic E-state index is 0.0348. The molecule has 0 unspecified atom stereocenters. The van der Waals surface area contributed by atoms with Gasteiger partial charge in [-0.05, 0) is 6.42 Å². The maximum Gasteiger partial charge on any atom is 0.191 e. The van der Waals surface area contributed by atoms with E-state index in [-0.39, 0.29) is 12.4 Å². The number of nitrogens with zero attached hydrogens (tertiary/aromatic N) is 2. The van der Waals surface area contributed by atoms with Gasteiger partial charge in [-0.1, -0.05) is 19.0 Å². The number of hydrogen-bond acceptors (Lipinski definition) is 6. The molecular formula is C15H28N4O4S. The number of aryl methyl sites for hydroxylation is 2. The molecule has 0 spiro atoms. The molecule has 0 fully saturated rings. The van der Waals surface area contributed by atoms with E-state index in [2.05, 4.69) is 20.8 Å². The summed E-state index contributed by atoms with van der Waals surface area (Å²) >= 11 is 0. The molecule has 0 saturated carbocycles. The van der Waals surface area contributed by atoms with Crippen LogP contribution in [0.3, 0.4) is 0 Å². The van der Waals surface area contributed by atoms with E-state index in [9.17, 15) is 8.42 Å². The molecule has 0 amide bonds. The Balaban J connectivity index is 2.35. The van der Waals surface area contributed by atoms with Gasteiger partial charge in [0.1, 0.15) is 15.6 Å². The first-order valence-corrected chi connectivity index (χ1v) is 10.1. The summed E-state index contributed by atoms with van der Waals surface area (Å²) in [5.41, 5.74) is 2.03. The standard InChI is InChI=1S/C15H28N4O4S/c1-5-13-12(14(6-2)23-19-13)11-18-15(16-3)17-7-8-22-9-10-24(4,20)21/h5-11H2,1-4H3,(H2,16,17,18). The number of guanidine groups is 1. The fourth-order valence-electron chi connectivity index (χ4n) is 2.08. The monoisotopic (exact) mass is 360 g/mol. The highest BCUT2D eigenvalue weighted by molar-refractivity contribution is 7.90. The van der Waals surface area contributed by atoms with Gasteiger partial charge in [-0.3, -0.25) is 4.99 Å². The molecule has 138 valence electrons. The lowest BCUT2D eigenvalue weighted by Crippen LogP contribution is -2.38. The van der Waals surface area contributed by atoms with Crippen LogP contribution < -0.4 is 10.6 Å². The molecule has 2 N–H and O–H groups in total. The van der Waals surface area contributed by atoms with Gasteiger partial charge in [-0.2, -0.15) is 0 Å². The minimum atomic E-state index is -2.98. The van der Waals surface area contributed by atoms with Crippen molar-refractivity contribution in [2.75, 3.05) is 38.8 Å². The van der Waals surface area contributed by atoms with Crippen LogP contribution in [0.5, 0.6) is 0 Å². The number of hydrogen-bond donors (Lipinski definition) is 2. The largest absolute Gasteiger partial charge is 0.379 e. The number of rotatable bonds is 10. The molecule has 8 nitrogen and oxygen atoms in total. The van der Waals surface area contributed by atoms with Crippen LogP contribution in [-0.4, -0.2) is 58.3 Å². The Bertz CT molecular complexity index is 604. The molecule has 0 aromatic carbocycles. The quantitative estimate of drug-likeness (QED) is 0.356. The van der Waals surface area contributed by atoms with Gasteiger partial charge >= 0.3 is 0 Å². The smallest absolute Gasteiger partial charge is 0.191 e. The second-order valence-corrected chi connectivity index (χ2v) is 7.59. The van der Waals surface area contributed by atoms with Crippen LogP contribution in [-0.2, 0) is 34.0 Å². The molecule has 1 aromatic heterocycles. The van der Waals surface area contributed by atoms with E-state index in [1.165, 1.54) is 6.26 Å². The summed E-state index contributed by atoms with van der Waals surface area (Å²) in [4.78, 5) is 4.15. The van der Waals surface area contributed by atoms with E-state index < -0.39 is 9.84 Å². The lowest BCUT2D eigenvalue weighted by Gasteiger charge is -2.12. The van der Waals surface area contributed by atoms with Crippen molar-refractivity contribution >= 4 is 15.8 Å². The van der Waals surface area contributed by atoms with Gasteiger partial charge in [0.15, 0.2) is 5.96 Å². The van der Waals surface area contributed by atoms with Crippen LogP contribution in [0, 0.1) is 0 Å². The highest BCUT2D eigenvalue weighted by Gasteiger charge is 2.13. The van der Waals surface area contributed by atoms with Crippen LogP contribution in [0.25, 0.3) is 0 Å². The molecule has 0 aliphatic heterocycles. The molecule has 0 aliphatic carbocycles. The number of sulfone groups is 1. The summed E-state index contributed by atoms with van der Waals surface area (Å²) in [6, 6.07) is 0. The topological polar surface area (TPSA) is 106 Å². The van der Waals surface area contributed by atoms with Crippen molar-refractivity contribution in [3.63, 3.8) is 0 Å². The third kappa shape index (κ3) is 7.31. The van der Waals surface area contributed by atoms with Crippen molar-refractivity contribution in [3.05, 3.63) is 17.0 Å². The fourth-order valence-corrected chi connectivity index (χ4v) is 2.51. The van der Waals surface area contributed by atoms with Crippen molar-refractivity contribution < 1.29 is 17.7 Å². The van der Waals surface area contributed by atoms with E-state index in [4.69, 9.17) is 9.26 Å². The Morgan fingerprint density at radius 1 is 1.25 bits per heavy atom. The lowest BCUT2D eigenvalue weighted by molar-refractivity contribution is 0.154. The van der Waals surface area contributed by atoms with E-state index in [0.717, 1.165) is 29.9 Å². The zero-order chi connectivity index (χ0) is 18.0. The lowest BCUT2D eigenvalue weighted by atomic mass is 10.1. The van der Waals surface area contributed by atoms with Gasteiger partial charge in [0, 0.05) is 38.4 Å². The predicted molar refractivity (Wildman–Crippen MR) is 94.0 cm³/mol. The van der Waals surface area contributed by atoms with Gasteiger partial charge in [0.2, 0.25) is 0 Å². The third-order valence-electron chi connectivity index (χ3n) is 3.40. The average Bonchev–Trinajstić information content (AvgIpc) is 2.94. The molecular weight excluding hydrogens is 332 g/mol. The summed E-state index contributed by atoms with van der Waals surface area (Å²) in [5, 5.41) is 10.4. The fraction of sp³-hybridized carbons (Fsp3) is 0.733. The molecule has 24 heavy (non-hydrogen) atoms. The summed E-state index contributed by atoms with van der Waals surface area (Å²) in [5.74, 6) is 1.57. The summed E-state index contributed by atoms with van der Waals surface area (Å²) in [6.45, 7) is 5.81. The third-order valence-corrected chi connectivity index (χ3v) is 4.31. The number of nitrogens with one attached hydrogen (secondary N) is 2. The zero-order valence-electron chi connectivity index (χ0n) is 14.9. The first kappa shape index (κ1) is 20.4. The van der Waals surface area contributed by atoms with Gasteiger partial charge in [0.25, 0.3) is 0 Å². The summed E-state index contributed by atoms with van der Waals surface area (Å²) < 4.78 is 32.6. The normalized spacial score (nSPS) is 12.4. The Labute approximate surface area is 144 Å². The first-order valence-electron chi connectivity index (χ1n) is 8.07. The van der Waals surface area contributed by atoms with E-state index in [1.54, 1.807) is 7.05 Å². The van der Waals surface area contributed by atoms with Crippen LogP contribution in [0.1, 0.15) is 30.9 Å². The molecule has 0 bridgehead atoms. The molecule has 9 heteroatoms. The Hall–Kier alpha value is -1.61. The highest BCUT2D eigenvalue weighted by atomic mass is 32.2. The van der Waals surface area contributed by atoms with Crippen molar-refractivity contribution in [1.82, 2.24) is 15.8 Å². The second kappa shape index (κ2) is 10.3. The Morgan fingerprint density at radius 3 is 2.58 bits per heavy atom. The first-order chi connectivity index (χ1) is 11.4. The van der Waals surface area contributed by atoms with Crippen molar-refractivity contribution in [3.8, 4) is 0 Å². The van der Waals surface area contributed by atoms with Gasteiger partial charge in [-0.25, -0.2) is 8.42 Å². The Kier molecular flexibility index (Phi) is 8.77. The maximum atomic E-state index is 11.0. The predicted octanol–water partition coefficient (Wildman–Crippen LogP) is 0.526. The van der Waals surface area contributed by atoms with Crippen molar-refractivity contribution in [2.45, 2.75) is 33.2 Å². The maximum absolute atomic E-state index is 11.0. The van der Waals surface area contributed by atoms with E-state index >= 15 is 0 Å². The molecule has 0 aliphatic rings. The minimum Gasteiger partial charge on any atom is -0.379 e. The average molecular weight is 360 g/mol. The molecule has 0 radical (unpaired) electrons. The van der Waals surface area contributed by atoms with E-state index in [0.29, 0.717) is 25.7 Å². The SMILES string of the molecule is CCc1noc(CC)c1CNC(=NC)NCCOCCS(C)(=O)=O. The van der Waals surface area contributed by atoms with Crippen LogP contribution in [0.4, 0.5) is 0 Å². The van der Waals surface area contributed by atoms with Gasteiger partial charge < -0.3 is 19.9 Å². The molecule has 1 heterocycles. The van der Waals surface area contributed by atoms with Crippen molar-refractivity contribution in [2.24, 2.45) is 4.99 Å².